The highest BCUT2D eigenvalue weighted by atomic mass is 16.3. The monoisotopic (exact) mass is 269 g/mol. The molecule has 0 spiro atoms. The lowest BCUT2D eigenvalue weighted by Crippen LogP contribution is -2.16. The third-order valence-electron chi connectivity index (χ3n) is 3.19. The van der Waals surface area contributed by atoms with Crippen molar-refractivity contribution in [2.24, 2.45) is 0 Å². The van der Waals surface area contributed by atoms with E-state index in [1.165, 1.54) is 0 Å². The number of aryl methyl sites for hydroxylation is 1. The van der Waals surface area contributed by atoms with E-state index in [2.05, 4.69) is 20.5 Å². The van der Waals surface area contributed by atoms with E-state index in [9.17, 15) is 5.11 Å². The number of rotatable bonds is 4. The van der Waals surface area contributed by atoms with Crippen LogP contribution in [0.3, 0.4) is 0 Å². The average Bonchev–Trinajstić information content (AvgIpc) is 2.88. The maximum absolute atomic E-state index is 9.58. The van der Waals surface area contributed by atoms with E-state index in [0.29, 0.717) is 11.5 Å². The number of aliphatic hydroxyl groups is 1. The van der Waals surface area contributed by atoms with Gasteiger partial charge in [0, 0.05) is 12.4 Å². The third kappa shape index (κ3) is 2.21. The highest BCUT2D eigenvalue weighted by Gasteiger charge is 2.14. The number of fused-ring (bicyclic) bond motifs is 1. The molecule has 1 aromatic carbocycles. The first-order valence-electron chi connectivity index (χ1n) is 6.38. The lowest BCUT2D eigenvalue weighted by atomic mass is 10.1. The molecule has 0 saturated carbocycles. The molecule has 2 N–H and O–H groups in total. The second-order valence-electron chi connectivity index (χ2n) is 4.51. The molecule has 3 rings (SSSR count). The van der Waals surface area contributed by atoms with Crippen molar-refractivity contribution >= 4 is 11.5 Å². The molecule has 0 aliphatic carbocycles. The Kier molecular flexibility index (Phi) is 3.30. The molecule has 6 nitrogen and oxygen atoms in total. The van der Waals surface area contributed by atoms with Crippen LogP contribution in [-0.2, 0) is 0 Å². The Bertz CT molecular complexity index is 710. The zero-order valence-electron chi connectivity index (χ0n) is 11.1. The molecule has 1 unspecified atom stereocenters. The van der Waals surface area contributed by atoms with Gasteiger partial charge >= 0.3 is 0 Å². The number of benzene rings is 1. The molecule has 0 radical (unpaired) electrons. The Morgan fingerprint density at radius 2 is 2.05 bits per heavy atom. The van der Waals surface area contributed by atoms with Crippen LogP contribution in [-0.4, -0.2) is 31.3 Å². The summed E-state index contributed by atoms with van der Waals surface area (Å²) in [5, 5.41) is 20.9. The van der Waals surface area contributed by atoms with Crippen LogP contribution in [0.1, 0.15) is 17.4 Å². The number of nitrogens with zero attached hydrogens (tertiary/aromatic N) is 4. The summed E-state index contributed by atoms with van der Waals surface area (Å²) in [6.45, 7) is 1.85. The number of anilines is 1. The Balaban J connectivity index is 1.96. The van der Waals surface area contributed by atoms with Crippen LogP contribution in [0, 0.1) is 6.92 Å². The van der Waals surface area contributed by atoms with E-state index < -0.39 is 0 Å². The molecule has 0 fully saturated rings. The number of aromatic nitrogens is 4. The summed E-state index contributed by atoms with van der Waals surface area (Å²) in [6, 6.07) is 9.52. The van der Waals surface area contributed by atoms with Gasteiger partial charge in [-0.15, -0.1) is 10.2 Å². The van der Waals surface area contributed by atoms with Crippen LogP contribution in [0.4, 0.5) is 5.82 Å². The van der Waals surface area contributed by atoms with Crippen LogP contribution in [0.5, 0.6) is 0 Å². The first-order chi connectivity index (χ1) is 9.79. The van der Waals surface area contributed by atoms with Crippen molar-refractivity contribution < 1.29 is 5.11 Å². The normalized spacial score (nSPS) is 12.5. The van der Waals surface area contributed by atoms with Gasteiger partial charge in [-0.05, 0) is 12.5 Å². The van der Waals surface area contributed by atoms with Gasteiger partial charge in [0.1, 0.15) is 5.82 Å². The molecule has 0 aliphatic rings. The third-order valence-corrected chi connectivity index (χ3v) is 3.19. The van der Waals surface area contributed by atoms with Crippen molar-refractivity contribution in [3.63, 3.8) is 0 Å². The predicted octanol–water partition coefficient (Wildman–Crippen LogP) is 1.58. The zero-order valence-corrected chi connectivity index (χ0v) is 11.1. The van der Waals surface area contributed by atoms with E-state index in [1.54, 1.807) is 6.20 Å². The van der Waals surface area contributed by atoms with Gasteiger partial charge in [0.2, 0.25) is 5.65 Å². The lowest BCUT2D eigenvalue weighted by molar-refractivity contribution is 0.276. The van der Waals surface area contributed by atoms with Crippen LogP contribution < -0.4 is 5.32 Å². The van der Waals surface area contributed by atoms with Crippen molar-refractivity contribution in [3.05, 3.63) is 54.1 Å². The van der Waals surface area contributed by atoms with E-state index >= 15 is 0 Å². The number of hydrogen-bond donors (Lipinski definition) is 2. The molecule has 20 heavy (non-hydrogen) atoms. The van der Waals surface area contributed by atoms with Gasteiger partial charge in [-0.1, -0.05) is 30.3 Å². The van der Waals surface area contributed by atoms with E-state index in [4.69, 9.17) is 0 Å². The first kappa shape index (κ1) is 12.6. The molecule has 1 atom stereocenters. The molecule has 6 heteroatoms. The zero-order chi connectivity index (χ0) is 13.9. The molecule has 3 aromatic rings. The Morgan fingerprint density at radius 3 is 2.80 bits per heavy atom. The summed E-state index contributed by atoms with van der Waals surface area (Å²) in [6.07, 6.45) is 3.50. The summed E-state index contributed by atoms with van der Waals surface area (Å²) in [7, 11) is 0. The van der Waals surface area contributed by atoms with Crippen molar-refractivity contribution in [1.82, 2.24) is 19.6 Å². The Morgan fingerprint density at radius 1 is 1.25 bits per heavy atom. The summed E-state index contributed by atoms with van der Waals surface area (Å²) in [4.78, 5) is 4.29. The second kappa shape index (κ2) is 5.26. The smallest absolute Gasteiger partial charge is 0.203 e. The van der Waals surface area contributed by atoms with E-state index in [0.717, 1.165) is 11.4 Å². The minimum atomic E-state index is -0.230. The lowest BCUT2D eigenvalue weighted by Gasteiger charge is -2.17. The second-order valence-corrected chi connectivity index (χ2v) is 4.51. The quantitative estimate of drug-likeness (QED) is 0.752. The molecule has 2 aromatic heterocycles. The van der Waals surface area contributed by atoms with E-state index in [1.807, 2.05) is 47.9 Å². The van der Waals surface area contributed by atoms with Crippen molar-refractivity contribution in [2.45, 2.75) is 13.0 Å². The van der Waals surface area contributed by atoms with Crippen LogP contribution >= 0.6 is 0 Å². The fraction of sp³-hybridized carbons (Fsp3) is 0.214. The molecular weight excluding hydrogens is 254 g/mol. The van der Waals surface area contributed by atoms with E-state index in [-0.39, 0.29) is 12.6 Å². The summed E-state index contributed by atoms with van der Waals surface area (Å²) >= 11 is 0. The molecule has 0 amide bonds. The molecule has 2 heterocycles. The Hall–Kier alpha value is -2.47. The molecule has 0 saturated heterocycles. The SMILES string of the molecule is Cc1nnc2c(NC(CO)c3ccccc3)nccn12. The van der Waals surface area contributed by atoms with Crippen LogP contribution in [0.2, 0.25) is 0 Å². The molecular formula is C14H15N5O. The van der Waals surface area contributed by atoms with Crippen molar-refractivity contribution in [1.29, 1.82) is 0 Å². The summed E-state index contributed by atoms with van der Waals surface area (Å²) in [5.74, 6) is 1.40. The Labute approximate surface area is 116 Å². The fourth-order valence-corrected chi connectivity index (χ4v) is 2.13. The molecule has 102 valence electrons. The minimum absolute atomic E-state index is 0.0279. The minimum Gasteiger partial charge on any atom is -0.394 e. The van der Waals surface area contributed by atoms with Crippen LogP contribution in [0.25, 0.3) is 5.65 Å². The molecule has 0 bridgehead atoms. The van der Waals surface area contributed by atoms with Gasteiger partial charge in [0.15, 0.2) is 5.82 Å². The van der Waals surface area contributed by atoms with Crippen molar-refractivity contribution in [2.75, 3.05) is 11.9 Å². The maximum atomic E-state index is 9.58. The molecule has 0 aliphatic heterocycles. The number of hydrogen-bond acceptors (Lipinski definition) is 5. The van der Waals surface area contributed by atoms with Gasteiger partial charge in [0.25, 0.3) is 0 Å². The van der Waals surface area contributed by atoms with Gasteiger partial charge in [-0.25, -0.2) is 4.98 Å². The predicted molar refractivity (Wildman–Crippen MR) is 75.4 cm³/mol. The van der Waals surface area contributed by atoms with Gasteiger partial charge in [-0.3, -0.25) is 4.40 Å². The van der Waals surface area contributed by atoms with Crippen LogP contribution in [0.15, 0.2) is 42.7 Å². The number of nitrogens with one attached hydrogen (secondary N) is 1. The number of aliphatic hydroxyl groups excluding tert-OH is 1. The summed E-state index contributed by atoms with van der Waals surface area (Å²) in [5.41, 5.74) is 1.65. The highest BCUT2D eigenvalue weighted by molar-refractivity contribution is 5.62. The summed E-state index contributed by atoms with van der Waals surface area (Å²) < 4.78 is 1.86. The average molecular weight is 269 g/mol. The highest BCUT2D eigenvalue weighted by Crippen LogP contribution is 2.20. The van der Waals surface area contributed by atoms with Gasteiger partial charge in [-0.2, -0.15) is 0 Å². The van der Waals surface area contributed by atoms with Crippen molar-refractivity contribution in [3.8, 4) is 0 Å². The standard InChI is InChI=1S/C14H15N5O/c1-10-17-18-14-13(15-7-8-19(10)14)16-12(9-20)11-5-3-2-4-6-11/h2-8,12,20H,9H2,1H3,(H,15,16). The largest absolute Gasteiger partial charge is 0.394 e. The topological polar surface area (TPSA) is 75.3 Å². The van der Waals surface area contributed by atoms with Gasteiger partial charge < -0.3 is 10.4 Å². The first-order valence-corrected chi connectivity index (χ1v) is 6.38. The maximum Gasteiger partial charge on any atom is 0.203 e. The van der Waals surface area contributed by atoms with Gasteiger partial charge in [0.05, 0.1) is 12.6 Å². The fourth-order valence-electron chi connectivity index (χ4n) is 2.13.